The first-order valence-electron chi connectivity index (χ1n) is 1.79. The highest BCUT2D eigenvalue weighted by Gasteiger charge is 1.99. The van der Waals surface area contributed by atoms with Crippen LogP contribution in [0.15, 0.2) is 0 Å². The van der Waals surface area contributed by atoms with Crippen LogP contribution in [0, 0.1) is 0 Å². The summed E-state index contributed by atoms with van der Waals surface area (Å²) in [6, 6.07) is 0. The highest BCUT2D eigenvalue weighted by molar-refractivity contribution is 8.93. The van der Waals surface area contributed by atoms with E-state index in [1.165, 1.54) is 0 Å². The minimum atomic E-state index is -0.694. The monoisotopic (exact) mass is 186 g/mol. The van der Waals surface area contributed by atoms with E-state index in [2.05, 4.69) is 28.4 Å². The van der Waals surface area contributed by atoms with Gasteiger partial charge < -0.3 is 0 Å². The molecule has 0 heterocycles. The van der Waals surface area contributed by atoms with Crippen molar-refractivity contribution in [2.24, 2.45) is 0 Å². The lowest BCUT2D eigenvalue weighted by Gasteiger charge is -2.01. The fraction of sp³-hybridized carbons (Fsp3) is 1.00. The number of hydrogen-bond donors (Lipinski definition) is 0. The van der Waals surface area contributed by atoms with Gasteiger partial charge in [0.05, 0.1) is 7.74 Å². The van der Waals surface area contributed by atoms with Crippen LogP contribution in [0.1, 0.15) is 0 Å². The van der Waals surface area contributed by atoms with Crippen LogP contribution in [-0.4, -0.2) is 7.74 Å². The Bertz CT molecular complexity index is 26.3. The molecule has 0 amide bonds. The summed E-state index contributed by atoms with van der Waals surface area (Å²) in [5.74, 6) is 0. The molecule has 3 heteroatoms. The van der Waals surface area contributed by atoms with E-state index in [4.69, 9.17) is 0 Å². The highest BCUT2D eigenvalue weighted by atomic mass is 79.9. The lowest BCUT2D eigenvalue weighted by Crippen LogP contribution is -2.05. The molecule has 40 valence electrons. The normalized spacial score (nSPS) is 10.0. The van der Waals surface area contributed by atoms with Crippen LogP contribution < -0.4 is 0 Å². The molecule has 0 bridgehead atoms. The molecule has 6 heavy (non-hydrogen) atoms. The van der Waals surface area contributed by atoms with Crippen molar-refractivity contribution >= 4 is 33.5 Å². The van der Waals surface area contributed by atoms with Gasteiger partial charge in [-0.15, -0.1) is 25.8 Å². The molecule has 0 radical (unpaired) electrons. The zero-order valence-electron chi connectivity index (χ0n) is 4.49. The average Bonchev–Trinajstić information content (AvgIpc) is 0.722. The molecule has 0 aromatic heterocycles. The quantitative estimate of drug-likeness (QED) is 0.403. The molecule has 0 aliphatic heterocycles. The van der Waals surface area contributed by atoms with Crippen molar-refractivity contribution < 1.29 is 0 Å². The minimum absolute atomic E-state index is 0. The number of hydrogen-bond acceptors (Lipinski definition) is 0. The predicted octanol–water partition coefficient (Wildman–Crippen LogP) is 2.27. The fourth-order valence-electron chi connectivity index (χ4n) is 0. The van der Waals surface area contributed by atoms with E-state index in [-0.39, 0.29) is 17.0 Å². The van der Waals surface area contributed by atoms with Crippen molar-refractivity contribution in [1.29, 1.82) is 0 Å². The summed E-state index contributed by atoms with van der Waals surface area (Å²) in [4.78, 5) is 0. The van der Waals surface area contributed by atoms with Gasteiger partial charge in [0.15, 0.2) is 0 Å². The van der Waals surface area contributed by atoms with E-state index >= 15 is 0 Å². The summed E-state index contributed by atoms with van der Waals surface area (Å²) >= 11 is 0. The Labute approximate surface area is 53.5 Å². The third kappa shape index (κ3) is 68.8. The Morgan fingerprint density at radius 3 is 1.17 bits per heavy atom. The Kier molecular flexibility index (Phi) is 5.38. The van der Waals surface area contributed by atoms with Crippen molar-refractivity contribution in [1.82, 2.24) is 0 Å². The van der Waals surface area contributed by atoms with E-state index in [1.807, 2.05) is 0 Å². The van der Waals surface area contributed by atoms with E-state index in [1.54, 1.807) is 0 Å². The second-order valence-corrected chi connectivity index (χ2v) is 12.3. The molecule has 1 unspecified atom stereocenters. The van der Waals surface area contributed by atoms with Gasteiger partial charge in [0, 0.05) is 0 Å². The molecule has 0 rings (SSSR count). The van der Waals surface area contributed by atoms with Gasteiger partial charge in [-0.3, -0.25) is 0 Å². The Balaban J connectivity index is 0. The van der Waals surface area contributed by atoms with E-state index in [9.17, 15) is 0 Å². The average molecular weight is 187 g/mol. The van der Waals surface area contributed by atoms with E-state index in [0.29, 0.717) is 0 Å². The largest absolute Gasteiger partial charge is 0.149 e. The lowest BCUT2D eigenvalue weighted by molar-refractivity contribution is 1.88. The molecule has 0 aromatic rings. The maximum absolute atomic E-state index is 2.85. The molecular weight excluding hydrogens is 175 g/mol. The summed E-state index contributed by atoms with van der Waals surface area (Å²) in [6.45, 7) is 6.87. The second kappa shape index (κ2) is 3.17. The van der Waals surface area contributed by atoms with Gasteiger partial charge in [-0.1, -0.05) is 19.6 Å². The summed E-state index contributed by atoms with van der Waals surface area (Å²) in [5, 5.41) is 0. The molecule has 0 saturated carbocycles. The smallest absolute Gasteiger partial charge is 0.0653 e. The van der Waals surface area contributed by atoms with Gasteiger partial charge in [-0.2, -0.15) is 0 Å². The van der Waals surface area contributed by atoms with Crippen LogP contribution >= 0.6 is 25.8 Å². The molecule has 0 aliphatic carbocycles. The van der Waals surface area contributed by atoms with Gasteiger partial charge >= 0.3 is 0 Å². The van der Waals surface area contributed by atoms with E-state index < -0.39 is 7.74 Å². The van der Waals surface area contributed by atoms with Crippen LogP contribution in [0.4, 0.5) is 0 Å². The van der Waals surface area contributed by atoms with Crippen molar-refractivity contribution in [3.05, 3.63) is 0 Å². The van der Waals surface area contributed by atoms with Gasteiger partial charge in [-0.05, 0) is 0 Å². The maximum Gasteiger partial charge on any atom is 0.0653 e. The molecule has 0 spiro atoms. The van der Waals surface area contributed by atoms with Gasteiger partial charge in [-0.25, -0.2) is 0 Å². The minimum Gasteiger partial charge on any atom is -0.149 e. The third-order valence-corrected chi connectivity index (χ3v) is 0. The first kappa shape index (κ1) is 10.2. The SMILES string of the molecule is Br.C[Si](C)(C)P. The fourth-order valence-corrected chi connectivity index (χ4v) is 0. The maximum atomic E-state index is 2.85. The Hall–Kier alpha value is 1.13. The third-order valence-electron chi connectivity index (χ3n) is 0. The van der Waals surface area contributed by atoms with Crippen molar-refractivity contribution in [2.75, 3.05) is 0 Å². The second-order valence-electron chi connectivity index (χ2n) is 2.37. The predicted molar refractivity (Wildman–Crippen MR) is 43.4 cm³/mol. The summed E-state index contributed by atoms with van der Waals surface area (Å²) in [6.07, 6.45) is 0. The molecule has 0 nitrogen and oxygen atoms in total. The van der Waals surface area contributed by atoms with Crippen LogP contribution in [0.5, 0.6) is 0 Å². The molecule has 0 aromatic carbocycles. The van der Waals surface area contributed by atoms with Crippen LogP contribution in [0.2, 0.25) is 19.6 Å². The van der Waals surface area contributed by atoms with Crippen LogP contribution in [0.3, 0.4) is 0 Å². The molecule has 0 fully saturated rings. The lowest BCUT2D eigenvalue weighted by atomic mass is 11.8. The summed E-state index contributed by atoms with van der Waals surface area (Å²) < 4.78 is 0. The first-order chi connectivity index (χ1) is 2.00. The van der Waals surface area contributed by atoms with Crippen molar-refractivity contribution in [3.63, 3.8) is 0 Å². The highest BCUT2D eigenvalue weighted by Crippen LogP contribution is 2.07. The first-order valence-corrected chi connectivity index (χ1v) is 7.10. The number of rotatable bonds is 0. The summed E-state index contributed by atoms with van der Waals surface area (Å²) in [5.41, 5.74) is 0. The van der Waals surface area contributed by atoms with Crippen molar-refractivity contribution in [3.8, 4) is 0 Å². The molecule has 1 atom stereocenters. The van der Waals surface area contributed by atoms with Crippen LogP contribution in [0.25, 0.3) is 0 Å². The topological polar surface area (TPSA) is 0 Å². The van der Waals surface area contributed by atoms with Crippen LogP contribution in [-0.2, 0) is 0 Å². The Morgan fingerprint density at radius 2 is 1.17 bits per heavy atom. The van der Waals surface area contributed by atoms with Gasteiger partial charge in [0.2, 0.25) is 0 Å². The standard InChI is InChI=1S/C3H11PSi.BrH/c1-5(2,3)4;/h4H2,1-3H3;1H. The van der Waals surface area contributed by atoms with Gasteiger partial charge in [0.1, 0.15) is 0 Å². The van der Waals surface area contributed by atoms with E-state index in [0.717, 1.165) is 0 Å². The summed E-state index contributed by atoms with van der Waals surface area (Å²) in [7, 11) is 2.16. The zero-order valence-corrected chi connectivity index (χ0v) is 8.35. The Morgan fingerprint density at radius 1 is 1.17 bits per heavy atom. The van der Waals surface area contributed by atoms with Gasteiger partial charge in [0.25, 0.3) is 0 Å². The molecular formula is C3H12BrPSi. The van der Waals surface area contributed by atoms with Crippen molar-refractivity contribution in [2.45, 2.75) is 19.6 Å². The molecule has 0 N–H and O–H groups in total. The molecule has 0 aliphatic rings. The number of halogens is 1. The molecule has 0 saturated heterocycles. The zero-order chi connectivity index (χ0) is 4.50.